The van der Waals surface area contributed by atoms with Crippen LogP contribution in [0, 0.1) is 0 Å². The SMILES string of the molecule is Cl.O=S(=O)(NCC1=CCNCC1)c1ccccc1Br. The lowest BCUT2D eigenvalue weighted by Gasteiger charge is -2.15. The fraction of sp³-hybridized carbons (Fsp3) is 0.333. The van der Waals surface area contributed by atoms with E-state index in [9.17, 15) is 8.42 Å². The van der Waals surface area contributed by atoms with E-state index in [1.54, 1.807) is 24.3 Å². The Labute approximate surface area is 128 Å². The molecule has 1 aliphatic heterocycles. The molecule has 0 unspecified atom stereocenters. The summed E-state index contributed by atoms with van der Waals surface area (Å²) in [6, 6.07) is 6.81. The van der Waals surface area contributed by atoms with Crippen molar-refractivity contribution in [2.24, 2.45) is 0 Å². The molecule has 7 heteroatoms. The number of nitrogens with one attached hydrogen (secondary N) is 2. The molecule has 0 amide bonds. The van der Waals surface area contributed by atoms with Crippen LogP contribution in [0.25, 0.3) is 0 Å². The minimum atomic E-state index is -3.45. The summed E-state index contributed by atoms with van der Waals surface area (Å²) in [6.07, 6.45) is 2.92. The lowest BCUT2D eigenvalue weighted by molar-refractivity contribution is 0.582. The van der Waals surface area contributed by atoms with Gasteiger partial charge in [0.05, 0.1) is 4.90 Å². The van der Waals surface area contributed by atoms with Crippen LogP contribution in [-0.4, -0.2) is 28.1 Å². The third kappa shape index (κ3) is 4.57. The minimum absolute atomic E-state index is 0. The largest absolute Gasteiger partial charge is 0.313 e. The summed E-state index contributed by atoms with van der Waals surface area (Å²) in [6.45, 7) is 2.10. The quantitative estimate of drug-likeness (QED) is 0.801. The van der Waals surface area contributed by atoms with Crippen molar-refractivity contribution in [2.45, 2.75) is 11.3 Å². The van der Waals surface area contributed by atoms with Gasteiger partial charge in [0.15, 0.2) is 0 Å². The van der Waals surface area contributed by atoms with E-state index in [4.69, 9.17) is 0 Å². The molecule has 0 fully saturated rings. The molecule has 2 rings (SSSR count). The zero-order valence-electron chi connectivity index (χ0n) is 10.2. The summed E-state index contributed by atoms with van der Waals surface area (Å²) in [5, 5.41) is 3.19. The van der Waals surface area contributed by atoms with E-state index in [1.165, 1.54) is 0 Å². The maximum Gasteiger partial charge on any atom is 0.241 e. The number of halogens is 2. The number of rotatable bonds is 4. The molecular weight excluding hydrogens is 352 g/mol. The van der Waals surface area contributed by atoms with Crippen molar-refractivity contribution in [1.29, 1.82) is 0 Å². The summed E-state index contributed by atoms with van der Waals surface area (Å²) in [5.74, 6) is 0. The summed E-state index contributed by atoms with van der Waals surface area (Å²) in [5.41, 5.74) is 1.13. The van der Waals surface area contributed by atoms with Crippen LogP contribution in [-0.2, 0) is 10.0 Å². The normalized spacial score (nSPS) is 15.5. The molecule has 0 aliphatic carbocycles. The van der Waals surface area contributed by atoms with Gasteiger partial charge < -0.3 is 5.32 Å². The van der Waals surface area contributed by atoms with Gasteiger partial charge in [0.1, 0.15) is 0 Å². The molecule has 0 aromatic heterocycles. The Bertz CT molecular complexity index is 561. The van der Waals surface area contributed by atoms with Crippen molar-refractivity contribution in [3.8, 4) is 0 Å². The molecule has 106 valence electrons. The molecule has 1 aliphatic rings. The average molecular weight is 368 g/mol. The van der Waals surface area contributed by atoms with E-state index in [0.717, 1.165) is 25.1 Å². The fourth-order valence-electron chi connectivity index (χ4n) is 1.76. The van der Waals surface area contributed by atoms with Crippen LogP contribution in [0.4, 0.5) is 0 Å². The lowest BCUT2D eigenvalue weighted by Crippen LogP contribution is -2.29. The third-order valence-corrected chi connectivity index (χ3v) is 5.19. The minimum Gasteiger partial charge on any atom is -0.313 e. The average Bonchev–Trinajstić information content (AvgIpc) is 2.38. The van der Waals surface area contributed by atoms with Crippen LogP contribution >= 0.6 is 28.3 Å². The van der Waals surface area contributed by atoms with Crippen molar-refractivity contribution < 1.29 is 8.42 Å². The molecule has 0 spiro atoms. The summed E-state index contributed by atoms with van der Waals surface area (Å²) < 4.78 is 27.4. The first kappa shape index (κ1) is 16.7. The molecule has 0 bridgehead atoms. The molecule has 19 heavy (non-hydrogen) atoms. The van der Waals surface area contributed by atoms with Crippen LogP contribution in [0.3, 0.4) is 0 Å². The van der Waals surface area contributed by atoms with Crippen LogP contribution in [0.5, 0.6) is 0 Å². The highest BCUT2D eigenvalue weighted by atomic mass is 79.9. The van der Waals surface area contributed by atoms with Crippen LogP contribution in [0.1, 0.15) is 6.42 Å². The molecule has 1 aromatic rings. The lowest BCUT2D eigenvalue weighted by atomic mass is 10.1. The van der Waals surface area contributed by atoms with Gasteiger partial charge in [-0.25, -0.2) is 13.1 Å². The van der Waals surface area contributed by atoms with Crippen LogP contribution in [0.15, 0.2) is 45.3 Å². The Morgan fingerprint density at radius 1 is 1.32 bits per heavy atom. The Kier molecular flexibility index (Phi) is 6.49. The molecule has 0 atom stereocenters. The van der Waals surface area contributed by atoms with Crippen molar-refractivity contribution in [1.82, 2.24) is 10.0 Å². The van der Waals surface area contributed by atoms with E-state index in [1.807, 2.05) is 6.08 Å². The molecule has 1 aromatic carbocycles. The molecule has 0 saturated heterocycles. The van der Waals surface area contributed by atoms with Gasteiger partial charge in [-0.2, -0.15) is 0 Å². The predicted molar refractivity (Wildman–Crippen MR) is 82.1 cm³/mol. The van der Waals surface area contributed by atoms with Gasteiger partial charge >= 0.3 is 0 Å². The topological polar surface area (TPSA) is 58.2 Å². The van der Waals surface area contributed by atoms with Gasteiger partial charge in [0.2, 0.25) is 10.0 Å². The fourth-order valence-corrected chi connectivity index (χ4v) is 3.80. The maximum absolute atomic E-state index is 12.1. The highest BCUT2D eigenvalue weighted by molar-refractivity contribution is 9.10. The van der Waals surface area contributed by atoms with Crippen molar-refractivity contribution >= 4 is 38.4 Å². The Morgan fingerprint density at radius 2 is 2.05 bits per heavy atom. The first-order valence-corrected chi connectivity index (χ1v) is 8.00. The van der Waals surface area contributed by atoms with E-state index < -0.39 is 10.0 Å². The molecule has 4 nitrogen and oxygen atoms in total. The summed E-state index contributed by atoms with van der Waals surface area (Å²) in [4.78, 5) is 0.277. The zero-order chi connectivity index (χ0) is 13.0. The highest BCUT2D eigenvalue weighted by Gasteiger charge is 2.17. The monoisotopic (exact) mass is 366 g/mol. The first-order chi connectivity index (χ1) is 8.59. The molecular formula is C12H16BrClN2O2S. The number of hydrogen-bond donors (Lipinski definition) is 2. The second-order valence-electron chi connectivity index (χ2n) is 4.07. The van der Waals surface area contributed by atoms with E-state index in [2.05, 4.69) is 26.0 Å². The van der Waals surface area contributed by atoms with Crippen molar-refractivity contribution in [2.75, 3.05) is 19.6 Å². The molecule has 0 saturated carbocycles. The van der Waals surface area contributed by atoms with Crippen LogP contribution < -0.4 is 10.0 Å². The second kappa shape index (κ2) is 7.40. The molecule has 0 radical (unpaired) electrons. The van der Waals surface area contributed by atoms with Gasteiger partial charge in [0, 0.05) is 17.6 Å². The molecule has 2 N–H and O–H groups in total. The first-order valence-electron chi connectivity index (χ1n) is 5.72. The van der Waals surface area contributed by atoms with Gasteiger partial charge in [0.25, 0.3) is 0 Å². The maximum atomic E-state index is 12.1. The van der Waals surface area contributed by atoms with Gasteiger partial charge in [-0.1, -0.05) is 23.8 Å². The van der Waals surface area contributed by atoms with Crippen molar-refractivity contribution in [3.05, 3.63) is 40.4 Å². The van der Waals surface area contributed by atoms with E-state index >= 15 is 0 Å². The van der Waals surface area contributed by atoms with E-state index in [-0.39, 0.29) is 17.3 Å². The Balaban J connectivity index is 0.00000180. The highest BCUT2D eigenvalue weighted by Crippen LogP contribution is 2.21. The van der Waals surface area contributed by atoms with Gasteiger partial charge in [-0.05, 0) is 41.0 Å². The number of hydrogen-bond acceptors (Lipinski definition) is 3. The number of sulfonamides is 1. The van der Waals surface area contributed by atoms with Crippen molar-refractivity contribution in [3.63, 3.8) is 0 Å². The second-order valence-corrected chi connectivity index (χ2v) is 6.66. The Hall–Kier alpha value is -0.400. The summed E-state index contributed by atoms with van der Waals surface area (Å²) >= 11 is 3.25. The molecule has 1 heterocycles. The zero-order valence-corrected chi connectivity index (χ0v) is 13.4. The van der Waals surface area contributed by atoms with E-state index in [0.29, 0.717) is 11.0 Å². The van der Waals surface area contributed by atoms with Gasteiger partial charge in [-0.3, -0.25) is 0 Å². The van der Waals surface area contributed by atoms with Crippen LogP contribution in [0.2, 0.25) is 0 Å². The third-order valence-electron chi connectivity index (χ3n) is 2.77. The summed E-state index contributed by atoms with van der Waals surface area (Å²) in [7, 11) is -3.45. The standard InChI is InChI=1S/C12H15BrN2O2S.ClH/c13-11-3-1-2-4-12(11)18(16,17)15-9-10-5-7-14-8-6-10;/h1-5,14-15H,6-9H2;1H. The number of benzene rings is 1. The smallest absolute Gasteiger partial charge is 0.241 e. The van der Waals surface area contributed by atoms with Gasteiger partial charge in [-0.15, -0.1) is 12.4 Å². The predicted octanol–water partition coefficient (Wildman–Crippen LogP) is 2.07. The Morgan fingerprint density at radius 3 is 2.68 bits per heavy atom.